The number of unbranched alkanes of at least 4 members (excludes halogenated alkanes) is 1. The van der Waals surface area contributed by atoms with Crippen LogP contribution in [0, 0.1) is 17.7 Å². The van der Waals surface area contributed by atoms with Gasteiger partial charge in [0.25, 0.3) is 0 Å². The second-order valence-electron chi connectivity index (χ2n) is 10.7. The molecule has 2 atom stereocenters. The molecule has 4 rings (SSSR count). The SMILES string of the molecule is CCCCOc1ccc(OCC2CCC(C3CCC(c4ccc(OCC)cc4)CC3)OC2)c(C(F)(F)F)c1F. The molecule has 8 heteroatoms. The fourth-order valence-corrected chi connectivity index (χ4v) is 5.73. The monoisotopic (exact) mass is 552 g/mol. The van der Waals surface area contributed by atoms with Gasteiger partial charge < -0.3 is 18.9 Å². The van der Waals surface area contributed by atoms with Gasteiger partial charge in [-0.2, -0.15) is 13.2 Å². The summed E-state index contributed by atoms with van der Waals surface area (Å²) in [6.07, 6.45) is 2.82. The summed E-state index contributed by atoms with van der Waals surface area (Å²) in [5.74, 6) is -0.410. The van der Waals surface area contributed by atoms with E-state index in [9.17, 15) is 17.6 Å². The first-order chi connectivity index (χ1) is 18.8. The van der Waals surface area contributed by atoms with Crippen LogP contribution in [-0.2, 0) is 10.9 Å². The van der Waals surface area contributed by atoms with Gasteiger partial charge in [0.05, 0.1) is 32.5 Å². The van der Waals surface area contributed by atoms with Crippen LogP contribution < -0.4 is 14.2 Å². The van der Waals surface area contributed by atoms with Crippen molar-refractivity contribution in [3.05, 3.63) is 53.3 Å². The number of alkyl halides is 3. The van der Waals surface area contributed by atoms with Crippen molar-refractivity contribution in [3.63, 3.8) is 0 Å². The van der Waals surface area contributed by atoms with Gasteiger partial charge in [0.2, 0.25) is 0 Å². The minimum absolute atomic E-state index is 0.0360. The molecule has 1 saturated carbocycles. The van der Waals surface area contributed by atoms with E-state index < -0.39 is 29.1 Å². The lowest BCUT2D eigenvalue weighted by Gasteiger charge is -2.38. The van der Waals surface area contributed by atoms with Crippen LogP contribution in [0.4, 0.5) is 17.6 Å². The molecule has 0 radical (unpaired) electrons. The van der Waals surface area contributed by atoms with E-state index in [1.165, 1.54) is 11.6 Å². The highest BCUT2D eigenvalue weighted by atomic mass is 19.4. The summed E-state index contributed by atoms with van der Waals surface area (Å²) in [7, 11) is 0. The third kappa shape index (κ3) is 7.80. The van der Waals surface area contributed by atoms with Gasteiger partial charge in [-0.3, -0.25) is 0 Å². The lowest BCUT2D eigenvalue weighted by Crippen LogP contribution is -2.35. The maximum atomic E-state index is 14.7. The van der Waals surface area contributed by atoms with E-state index in [1.807, 2.05) is 26.0 Å². The van der Waals surface area contributed by atoms with Gasteiger partial charge in [0, 0.05) is 5.92 Å². The van der Waals surface area contributed by atoms with E-state index in [4.69, 9.17) is 18.9 Å². The summed E-state index contributed by atoms with van der Waals surface area (Å²) in [5, 5.41) is 0. The molecule has 2 fully saturated rings. The minimum atomic E-state index is -4.89. The van der Waals surface area contributed by atoms with E-state index >= 15 is 0 Å². The van der Waals surface area contributed by atoms with Gasteiger partial charge in [-0.1, -0.05) is 25.5 Å². The lowest BCUT2D eigenvalue weighted by atomic mass is 9.75. The molecule has 1 heterocycles. The first-order valence-corrected chi connectivity index (χ1v) is 14.3. The zero-order valence-electron chi connectivity index (χ0n) is 22.9. The molecular weight excluding hydrogens is 512 g/mol. The molecule has 1 saturated heterocycles. The molecule has 0 N–H and O–H groups in total. The summed E-state index contributed by atoms with van der Waals surface area (Å²) in [5.41, 5.74) is -0.0516. The molecule has 0 aromatic heterocycles. The highest BCUT2D eigenvalue weighted by Crippen LogP contribution is 2.43. The molecule has 1 aliphatic heterocycles. The molecule has 216 valence electrons. The molecule has 2 aliphatic rings. The van der Waals surface area contributed by atoms with E-state index in [0.717, 1.165) is 56.8 Å². The zero-order valence-corrected chi connectivity index (χ0v) is 22.9. The topological polar surface area (TPSA) is 36.9 Å². The Hall–Kier alpha value is -2.48. The van der Waals surface area contributed by atoms with Crippen molar-refractivity contribution < 1.29 is 36.5 Å². The average molecular weight is 553 g/mol. The maximum absolute atomic E-state index is 14.7. The number of rotatable bonds is 11. The van der Waals surface area contributed by atoms with Crippen molar-refractivity contribution in [2.75, 3.05) is 26.4 Å². The number of hydrogen-bond donors (Lipinski definition) is 0. The van der Waals surface area contributed by atoms with Gasteiger partial charge in [0.1, 0.15) is 17.1 Å². The molecule has 0 bridgehead atoms. The quantitative estimate of drug-likeness (QED) is 0.207. The van der Waals surface area contributed by atoms with Crippen LogP contribution in [0.5, 0.6) is 17.2 Å². The van der Waals surface area contributed by atoms with E-state index in [1.54, 1.807) is 0 Å². The molecule has 2 aromatic rings. The van der Waals surface area contributed by atoms with Crippen LogP contribution in [0.1, 0.15) is 82.3 Å². The molecule has 39 heavy (non-hydrogen) atoms. The summed E-state index contributed by atoms with van der Waals surface area (Å²) >= 11 is 0. The fourth-order valence-electron chi connectivity index (χ4n) is 5.73. The Morgan fingerprint density at radius 2 is 1.56 bits per heavy atom. The smallest absolute Gasteiger partial charge is 0.422 e. The van der Waals surface area contributed by atoms with Gasteiger partial charge in [-0.15, -0.1) is 0 Å². The van der Waals surface area contributed by atoms with E-state index in [0.29, 0.717) is 31.5 Å². The standard InChI is InChI=1S/C31H40F4O4/c1-3-5-18-37-28-17-16-27(29(30(28)32)31(33,34)35)39-20-21-6-15-26(38-19-21)24-9-7-22(8-10-24)23-11-13-25(14-12-23)36-4-2/h11-14,16-17,21-22,24,26H,3-10,15,18-20H2,1-2H3. The number of benzene rings is 2. The van der Waals surface area contributed by atoms with Crippen LogP contribution in [0.25, 0.3) is 0 Å². The van der Waals surface area contributed by atoms with Crippen molar-refractivity contribution in [2.45, 2.75) is 83.4 Å². The first kappa shape index (κ1) is 29.5. The van der Waals surface area contributed by atoms with Crippen LogP contribution in [0.15, 0.2) is 36.4 Å². The summed E-state index contributed by atoms with van der Waals surface area (Å²) in [4.78, 5) is 0. The van der Waals surface area contributed by atoms with Gasteiger partial charge in [0.15, 0.2) is 11.6 Å². The highest BCUT2D eigenvalue weighted by molar-refractivity contribution is 5.44. The molecule has 2 aromatic carbocycles. The predicted molar refractivity (Wildman–Crippen MR) is 142 cm³/mol. The van der Waals surface area contributed by atoms with Crippen LogP contribution in [-0.4, -0.2) is 32.5 Å². The Bertz CT molecular complexity index is 1020. The Morgan fingerprint density at radius 1 is 0.846 bits per heavy atom. The second kappa shape index (κ2) is 13.7. The molecule has 0 spiro atoms. The van der Waals surface area contributed by atoms with Crippen molar-refractivity contribution in [2.24, 2.45) is 11.8 Å². The first-order valence-electron chi connectivity index (χ1n) is 14.3. The van der Waals surface area contributed by atoms with Crippen LogP contribution >= 0.6 is 0 Å². The Morgan fingerprint density at radius 3 is 2.18 bits per heavy atom. The van der Waals surface area contributed by atoms with Crippen molar-refractivity contribution >= 4 is 0 Å². The molecular formula is C31H40F4O4. The van der Waals surface area contributed by atoms with Crippen molar-refractivity contribution in [1.82, 2.24) is 0 Å². The molecule has 0 amide bonds. The molecule has 1 aliphatic carbocycles. The maximum Gasteiger partial charge on any atom is 0.422 e. The number of hydrogen-bond acceptors (Lipinski definition) is 4. The Kier molecular flexibility index (Phi) is 10.4. The van der Waals surface area contributed by atoms with Crippen LogP contribution in [0.2, 0.25) is 0 Å². The van der Waals surface area contributed by atoms with Crippen molar-refractivity contribution in [1.29, 1.82) is 0 Å². The van der Waals surface area contributed by atoms with E-state index in [-0.39, 0.29) is 25.2 Å². The lowest BCUT2D eigenvalue weighted by molar-refractivity contribution is -0.141. The summed E-state index contributed by atoms with van der Waals surface area (Å²) in [6, 6.07) is 10.8. The third-order valence-electron chi connectivity index (χ3n) is 7.95. The minimum Gasteiger partial charge on any atom is -0.494 e. The third-order valence-corrected chi connectivity index (χ3v) is 7.95. The number of halogens is 4. The highest BCUT2D eigenvalue weighted by Gasteiger charge is 2.40. The predicted octanol–water partition coefficient (Wildman–Crippen LogP) is 8.57. The van der Waals surface area contributed by atoms with Gasteiger partial charge in [-0.05, 0) is 93.5 Å². The molecule has 2 unspecified atom stereocenters. The van der Waals surface area contributed by atoms with E-state index in [2.05, 4.69) is 12.1 Å². The Labute approximate surface area is 229 Å². The second-order valence-corrected chi connectivity index (χ2v) is 10.7. The van der Waals surface area contributed by atoms with Crippen molar-refractivity contribution in [3.8, 4) is 17.2 Å². The van der Waals surface area contributed by atoms with Gasteiger partial charge in [-0.25, -0.2) is 4.39 Å². The zero-order chi connectivity index (χ0) is 27.8. The summed E-state index contributed by atoms with van der Waals surface area (Å²) < 4.78 is 78.2. The Balaban J connectivity index is 1.25. The van der Waals surface area contributed by atoms with Crippen LogP contribution in [0.3, 0.4) is 0 Å². The average Bonchev–Trinajstić information content (AvgIpc) is 2.93. The summed E-state index contributed by atoms with van der Waals surface area (Å²) in [6.45, 7) is 5.21. The fraction of sp³-hybridized carbons (Fsp3) is 0.613. The largest absolute Gasteiger partial charge is 0.494 e. The number of ether oxygens (including phenoxy) is 4. The van der Waals surface area contributed by atoms with Gasteiger partial charge >= 0.3 is 6.18 Å². The molecule has 4 nitrogen and oxygen atoms in total. The normalized spacial score (nSPS) is 23.8.